The van der Waals surface area contributed by atoms with E-state index < -0.39 is 6.10 Å². The molecule has 0 aromatic heterocycles. The summed E-state index contributed by atoms with van der Waals surface area (Å²) in [5.41, 5.74) is 0. The van der Waals surface area contributed by atoms with Gasteiger partial charge in [-0.25, -0.2) is 0 Å². The Morgan fingerprint density at radius 2 is 0.618 bits per heavy atom. The van der Waals surface area contributed by atoms with Gasteiger partial charge >= 0.3 is 17.9 Å². The average molecular weight is 775 g/mol. The fourth-order valence-electron chi connectivity index (χ4n) is 6.76. The van der Waals surface area contributed by atoms with Crippen LogP contribution in [0.2, 0.25) is 0 Å². The first-order valence-corrected chi connectivity index (χ1v) is 23.8. The lowest BCUT2D eigenvalue weighted by Gasteiger charge is -2.18. The Hall–Kier alpha value is -2.11. The first-order valence-electron chi connectivity index (χ1n) is 23.8. The SMILES string of the molecule is CCCC/C=C\CCCCCCCC(=O)OC(COC(=O)CCCCCC/C=C\CCCC)COC(=O)CCCCCCCCCCCCCCCCCC. The molecule has 0 aliphatic rings. The van der Waals surface area contributed by atoms with Gasteiger partial charge in [-0.3, -0.25) is 14.4 Å². The highest BCUT2D eigenvalue weighted by molar-refractivity contribution is 5.71. The second-order valence-electron chi connectivity index (χ2n) is 16.0. The van der Waals surface area contributed by atoms with Crippen molar-refractivity contribution in [1.82, 2.24) is 0 Å². The number of rotatable bonds is 43. The molecule has 0 rings (SSSR count). The van der Waals surface area contributed by atoms with Gasteiger partial charge in [0.1, 0.15) is 13.2 Å². The van der Waals surface area contributed by atoms with Crippen molar-refractivity contribution in [2.45, 2.75) is 258 Å². The predicted molar refractivity (Wildman–Crippen MR) is 233 cm³/mol. The summed E-state index contributed by atoms with van der Waals surface area (Å²) in [7, 11) is 0. The first-order chi connectivity index (χ1) is 27.0. The summed E-state index contributed by atoms with van der Waals surface area (Å²) in [6.45, 7) is 6.55. The Kier molecular flexibility index (Phi) is 42.9. The number of ether oxygens (including phenoxy) is 3. The number of esters is 3. The summed E-state index contributed by atoms with van der Waals surface area (Å²) >= 11 is 0. The quantitative estimate of drug-likeness (QED) is 0.0266. The Bertz CT molecular complexity index is 896. The van der Waals surface area contributed by atoms with E-state index in [0.29, 0.717) is 19.3 Å². The van der Waals surface area contributed by atoms with Crippen LogP contribution < -0.4 is 0 Å². The molecule has 6 heteroatoms. The van der Waals surface area contributed by atoms with Crippen LogP contribution in [0.1, 0.15) is 252 Å². The fraction of sp³-hybridized carbons (Fsp3) is 0.857. The maximum absolute atomic E-state index is 12.7. The van der Waals surface area contributed by atoms with Crippen molar-refractivity contribution in [3.05, 3.63) is 24.3 Å². The molecule has 0 aliphatic heterocycles. The van der Waals surface area contributed by atoms with Gasteiger partial charge in [0.2, 0.25) is 0 Å². The summed E-state index contributed by atoms with van der Waals surface area (Å²) in [6, 6.07) is 0. The molecular formula is C49H90O6. The lowest BCUT2D eigenvalue weighted by molar-refractivity contribution is -0.167. The molecule has 6 nitrogen and oxygen atoms in total. The van der Waals surface area contributed by atoms with Crippen LogP contribution in [0.15, 0.2) is 24.3 Å². The van der Waals surface area contributed by atoms with Gasteiger partial charge in [0.25, 0.3) is 0 Å². The van der Waals surface area contributed by atoms with Crippen molar-refractivity contribution in [3.8, 4) is 0 Å². The molecule has 0 aromatic rings. The number of allylic oxidation sites excluding steroid dienone is 4. The molecule has 0 amide bonds. The third-order valence-corrected chi connectivity index (χ3v) is 10.4. The van der Waals surface area contributed by atoms with E-state index in [2.05, 4.69) is 45.1 Å². The molecule has 0 fully saturated rings. The lowest BCUT2D eigenvalue weighted by Crippen LogP contribution is -2.30. The number of hydrogen-bond donors (Lipinski definition) is 0. The minimum absolute atomic E-state index is 0.0751. The van der Waals surface area contributed by atoms with Gasteiger partial charge in [-0.2, -0.15) is 0 Å². The number of carbonyl (C=O) groups excluding carboxylic acids is 3. The van der Waals surface area contributed by atoms with Crippen LogP contribution in [-0.2, 0) is 28.6 Å². The van der Waals surface area contributed by atoms with E-state index in [1.165, 1.54) is 122 Å². The minimum Gasteiger partial charge on any atom is -0.462 e. The molecular weight excluding hydrogens is 685 g/mol. The highest BCUT2D eigenvalue weighted by atomic mass is 16.6. The van der Waals surface area contributed by atoms with E-state index in [9.17, 15) is 14.4 Å². The summed E-state index contributed by atoms with van der Waals surface area (Å²) in [4.78, 5) is 37.7. The smallest absolute Gasteiger partial charge is 0.306 e. The van der Waals surface area contributed by atoms with Gasteiger partial charge < -0.3 is 14.2 Å². The molecule has 0 saturated heterocycles. The molecule has 1 unspecified atom stereocenters. The minimum atomic E-state index is -0.773. The van der Waals surface area contributed by atoms with E-state index >= 15 is 0 Å². The second kappa shape index (κ2) is 44.6. The van der Waals surface area contributed by atoms with Crippen molar-refractivity contribution in [2.24, 2.45) is 0 Å². The summed E-state index contributed by atoms with van der Waals surface area (Å²) in [5, 5.41) is 0. The van der Waals surface area contributed by atoms with E-state index in [0.717, 1.165) is 89.9 Å². The second-order valence-corrected chi connectivity index (χ2v) is 16.0. The number of hydrogen-bond acceptors (Lipinski definition) is 6. The van der Waals surface area contributed by atoms with Crippen molar-refractivity contribution in [2.75, 3.05) is 13.2 Å². The monoisotopic (exact) mass is 775 g/mol. The number of carbonyl (C=O) groups is 3. The molecule has 0 aromatic carbocycles. The molecule has 0 heterocycles. The topological polar surface area (TPSA) is 78.9 Å². The van der Waals surface area contributed by atoms with Crippen LogP contribution in [-0.4, -0.2) is 37.2 Å². The molecule has 0 spiro atoms. The molecule has 55 heavy (non-hydrogen) atoms. The Morgan fingerprint density at radius 1 is 0.345 bits per heavy atom. The maximum atomic E-state index is 12.7. The molecule has 322 valence electrons. The normalized spacial score (nSPS) is 12.1. The van der Waals surface area contributed by atoms with Gasteiger partial charge in [-0.1, -0.05) is 199 Å². The summed E-state index contributed by atoms with van der Waals surface area (Å²) in [6.07, 6.45) is 48.8. The molecule has 0 bridgehead atoms. The zero-order chi connectivity index (χ0) is 40.1. The zero-order valence-corrected chi connectivity index (χ0v) is 36.7. The highest BCUT2D eigenvalue weighted by Crippen LogP contribution is 2.15. The van der Waals surface area contributed by atoms with Gasteiger partial charge in [-0.15, -0.1) is 0 Å². The maximum Gasteiger partial charge on any atom is 0.306 e. The number of unbranched alkanes of at least 4 members (excludes halogenated alkanes) is 28. The van der Waals surface area contributed by atoms with E-state index in [1.54, 1.807) is 0 Å². The standard InChI is InChI=1S/C49H90O6/c1-4-7-10-13-16-19-22-23-24-25-26-28-30-33-36-39-42-48(51)54-45-46(44-53-47(50)41-38-35-32-29-21-18-15-12-9-6-3)55-49(52)43-40-37-34-31-27-20-17-14-11-8-5-2/h14-15,17-18,46H,4-13,16,19-45H2,1-3H3/b17-14-,18-15-. The summed E-state index contributed by atoms with van der Waals surface area (Å²) < 4.78 is 16.7. The molecule has 0 aliphatic carbocycles. The zero-order valence-electron chi connectivity index (χ0n) is 36.7. The third-order valence-electron chi connectivity index (χ3n) is 10.4. The Morgan fingerprint density at radius 3 is 0.964 bits per heavy atom. The van der Waals surface area contributed by atoms with Crippen LogP contribution in [0, 0.1) is 0 Å². The van der Waals surface area contributed by atoms with Crippen LogP contribution >= 0.6 is 0 Å². The van der Waals surface area contributed by atoms with Crippen molar-refractivity contribution >= 4 is 17.9 Å². The lowest BCUT2D eigenvalue weighted by atomic mass is 10.0. The van der Waals surface area contributed by atoms with E-state index in [1.807, 2.05) is 0 Å². The molecule has 0 saturated carbocycles. The van der Waals surface area contributed by atoms with Crippen LogP contribution in [0.5, 0.6) is 0 Å². The van der Waals surface area contributed by atoms with Crippen molar-refractivity contribution in [1.29, 1.82) is 0 Å². The Labute approximate surface area is 341 Å². The van der Waals surface area contributed by atoms with Gasteiger partial charge in [0, 0.05) is 19.3 Å². The largest absolute Gasteiger partial charge is 0.462 e. The molecule has 1 atom stereocenters. The van der Waals surface area contributed by atoms with Crippen LogP contribution in [0.25, 0.3) is 0 Å². The average Bonchev–Trinajstić information content (AvgIpc) is 3.18. The first kappa shape index (κ1) is 52.9. The van der Waals surface area contributed by atoms with Crippen molar-refractivity contribution in [3.63, 3.8) is 0 Å². The Balaban J connectivity index is 4.31. The highest BCUT2D eigenvalue weighted by Gasteiger charge is 2.19. The predicted octanol–water partition coefficient (Wildman–Crippen LogP) is 15.2. The van der Waals surface area contributed by atoms with E-state index in [-0.39, 0.29) is 31.1 Å². The molecule has 0 radical (unpaired) electrons. The summed E-state index contributed by atoms with van der Waals surface area (Å²) in [5.74, 6) is -0.893. The molecule has 0 N–H and O–H groups in total. The van der Waals surface area contributed by atoms with Crippen LogP contribution in [0.4, 0.5) is 0 Å². The third kappa shape index (κ3) is 42.9. The van der Waals surface area contributed by atoms with Gasteiger partial charge in [-0.05, 0) is 57.8 Å². The van der Waals surface area contributed by atoms with E-state index in [4.69, 9.17) is 14.2 Å². The van der Waals surface area contributed by atoms with Crippen molar-refractivity contribution < 1.29 is 28.6 Å². The van der Waals surface area contributed by atoms with Gasteiger partial charge in [0.15, 0.2) is 6.10 Å². The van der Waals surface area contributed by atoms with Crippen LogP contribution in [0.3, 0.4) is 0 Å². The van der Waals surface area contributed by atoms with Gasteiger partial charge in [0.05, 0.1) is 0 Å². The fourth-order valence-corrected chi connectivity index (χ4v) is 6.76.